The molecular formula is C14H22FN3O. The Kier molecular flexibility index (Phi) is 5.76. The summed E-state index contributed by atoms with van der Waals surface area (Å²) in [5.74, 6) is -0.558. The fraction of sp³-hybridized carbons (Fsp3) is 0.500. The van der Waals surface area contributed by atoms with Crippen LogP contribution < -0.4 is 11.1 Å². The number of carbonyl (C=O) groups excluding carboxylic acids is 1. The number of halogens is 1. The Labute approximate surface area is 113 Å². The van der Waals surface area contributed by atoms with Crippen molar-refractivity contribution in [3.8, 4) is 0 Å². The number of nitrogens with zero attached hydrogens (tertiary/aromatic N) is 1. The third-order valence-corrected chi connectivity index (χ3v) is 3.25. The lowest BCUT2D eigenvalue weighted by Gasteiger charge is -2.25. The molecule has 0 unspecified atom stereocenters. The first-order chi connectivity index (χ1) is 8.97. The Morgan fingerprint density at radius 2 is 2.05 bits per heavy atom. The van der Waals surface area contributed by atoms with Crippen molar-refractivity contribution in [1.29, 1.82) is 0 Å². The maximum Gasteiger partial charge on any atom is 0.238 e. The van der Waals surface area contributed by atoms with E-state index in [0.717, 1.165) is 12.8 Å². The average Bonchev–Trinajstić information content (AvgIpc) is 2.34. The number of amides is 1. The summed E-state index contributed by atoms with van der Waals surface area (Å²) in [5, 5.41) is 2.70. The average molecular weight is 267 g/mol. The highest BCUT2D eigenvalue weighted by molar-refractivity contribution is 5.95. The second-order valence-electron chi connectivity index (χ2n) is 4.67. The van der Waals surface area contributed by atoms with Crippen LogP contribution in [0.1, 0.15) is 26.7 Å². The van der Waals surface area contributed by atoms with Crippen molar-refractivity contribution < 1.29 is 9.18 Å². The Balaban J connectivity index is 2.60. The van der Waals surface area contributed by atoms with Crippen LogP contribution in [0.25, 0.3) is 0 Å². The van der Waals surface area contributed by atoms with Gasteiger partial charge in [-0.2, -0.15) is 0 Å². The summed E-state index contributed by atoms with van der Waals surface area (Å²) in [5.41, 5.74) is 6.33. The zero-order valence-corrected chi connectivity index (χ0v) is 11.7. The second-order valence-corrected chi connectivity index (χ2v) is 4.67. The van der Waals surface area contributed by atoms with Crippen molar-refractivity contribution in [2.24, 2.45) is 0 Å². The fourth-order valence-electron chi connectivity index (χ4n) is 2.10. The highest BCUT2D eigenvalue weighted by Crippen LogP contribution is 2.19. The lowest BCUT2D eigenvalue weighted by atomic mass is 10.1. The number of hydrogen-bond donors (Lipinski definition) is 2. The van der Waals surface area contributed by atoms with Gasteiger partial charge < -0.3 is 11.1 Å². The van der Waals surface area contributed by atoms with Crippen molar-refractivity contribution in [2.45, 2.75) is 32.7 Å². The molecule has 0 aromatic heterocycles. The Morgan fingerprint density at radius 3 is 2.58 bits per heavy atom. The summed E-state index contributed by atoms with van der Waals surface area (Å²) in [6, 6.07) is 4.33. The zero-order valence-electron chi connectivity index (χ0n) is 11.7. The van der Waals surface area contributed by atoms with Gasteiger partial charge in [-0.05, 0) is 38.1 Å². The van der Waals surface area contributed by atoms with Crippen LogP contribution in [0.3, 0.4) is 0 Å². The number of hydrogen-bond acceptors (Lipinski definition) is 3. The topological polar surface area (TPSA) is 58.4 Å². The van der Waals surface area contributed by atoms with E-state index in [-0.39, 0.29) is 11.6 Å². The van der Waals surface area contributed by atoms with Crippen molar-refractivity contribution in [1.82, 2.24) is 4.90 Å². The van der Waals surface area contributed by atoms with Gasteiger partial charge in [0, 0.05) is 6.04 Å². The maximum absolute atomic E-state index is 12.9. The van der Waals surface area contributed by atoms with Gasteiger partial charge >= 0.3 is 0 Å². The minimum Gasteiger partial charge on any atom is -0.397 e. The normalized spacial score (nSPS) is 11.1. The highest BCUT2D eigenvalue weighted by Gasteiger charge is 2.14. The minimum atomic E-state index is -0.412. The van der Waals surface area contributed by atoms with Gasteiger partial charge in [-0.15, -0.1) is 0 Å². The summed E-state index contributed by atoms with van der Waals surface area (Å²) >= 11 is 0. The number of rotatable bonds is 6. The molecule has 1 rings (SSSR count). The predicted octanol–water partition coefficient (Wildman–Crippen LogP) is 2.47. The highest BCUT2D eigenvalue weighted by atomic mass is 19.1. The number of likely N-dealkylation sites (N-methyl/N-ethyl adjacent to an activating group) is 1. The third kappa shape index (κ3) is 4.52. The molecule has 1 amide bonds. The molecule has 0 aliphatic rings. The van der Waals surface area contributed by atoms with Crippen LogP contribution >= 0.6 is 0 Å². The smallest absolute Gasteiger partial charge is 0.238 e. The zero-order chi connectivity index (χ0) is 14.4. The van der Waals surface area contributed by atoms with Crippen LogP contribution in [-0.4, -0.2) is 30.4 Å². The summed E-state index contributed by atoms with van der Waals surface area (Å²) in [6.07, 6.45) is 2.00. The number of benzene rings is 1. The quantitative estimate of drug-likeness (QED) is 0.778. The summed E-state index contributed by atoms with van der Waals surface area (Å²) in [7, 11) is 1.92. The van der Waals surface area contributed by atoms with Crippen LogP contribution in [0.4, 0.5) is 15.8 Å². The van der Waals surface area contributed by atoms with Gasteiger partial charge in [0.2, 0.25) is 5.91 Å². The molecule has 0 bridgehead atoms. The maximum atomic E-state index is 12.9. The molecule has 3 N–H and O–H groups in total. The third-order valence-electron chi connectivity index (χ3n) is 3.25. The summed E-state index contributed by atoms with van der Waals surface area (Å²) < 4.78 is 12.9. The van der Waals surface area contributed by atoms with Crippen LogP contribution in [0, 0.1) is 5.82 Å². The van der Waals surface area contributed by atoms with Crippen LogP contribution in [0.15, 0.2) is 18.2 Å². The number of nitrogens with one attached hydrogen (secondary N) is 1. The van der Waals surface area contributed by atoms with Gasteiger partial charge in [-0.3, -0.25) is 9.69 Å². The lowest BCUT2D eigenvalue weighted by Crippen LogP contribution is -2.37. The molecule has 19 heavy (non-hydrogen) atoms. The fourth-order valence-corrected chi connectivity index (χ4v) is 2.10. The van der Waals surface area contributed by atoms with Crippen LogP contribution in [-0.2, 0) is 4.79 Å². The van der Waals surface area contributed by atoms with E-state index in [0.29, 0.717) is 18.3 Å². The molecule has 106 valence electrons. The monoisotopic (exact) mass is 267 g/mol. The van der Waals surface area contributed by atoms with E-state index in [2.05, 4.69) is 19.2 Å². The molecular weight excluding hydrogens is 245 g/mol. The number of anilines is 2. The van der Waals surface area contributed by atoms with Gasteiger partial charge in [0.15, 0.2) is 0 Å². The van der Waals surface area contributed by atoms with Gasteiger partial charge in [-0.25, -0.2) is 4.39 Å². The van der Waals surface area contributed by atoms with Gasteiger partial charge in [0.25, 0.3) is 0 Å². The molecule has 0 radical (unpaired) electrons. The minimum absolute atomic E-state index is 0.146. The van der Waals surface area contributed by atoms with Crippen molar-refractivity contribution in [3.05, 3.63) is 24.0 Å². The van der Waals surface area contributed by atoms with E-state index in [9.17, 15) is 9.18 Å². The SMILES string of the molecule is CCC(CC)N(C)CC(=O)Nc1ccc(F)cc1N. The standard InChI is InChI=1S/C14H22FN3O/c1-4-11(5-2)18(3)9-14(19)17-13-7-6-10(15)8-12(13)16/h6-8,11H,4-5,9,16H2,1-3H3,(H,17,19). The molecule has 0 atom stereocenters. The number of carbonyl (C=O) groups is 1. The van der Waals surface area contributed by atoms with Gasteiger partial charge in [0.1, 0.15) is 5.82 Å². The largest absolute Gasteiger partial charge is 0.397 e. The van der Waals surface area contributed by atoms with Crippen molar-refractivity contribution in [2.75, 3.05) is 24.6 Å². The molecule has 0 aliphatic heterocycles. The molecule has 0 fully saturated rings. The molecule has 0 saturated carbocycles. The van der Waals surface area contributed by atoms with Crippen molar-refractivity contribution in [3.63, 3.8) is 0 Å². The Bertz CT molecular complexity index is 433. The molecule has 0 heterocycles. The van der Waals surface area contributed by atoms with Crippen LogP contribution in [0.5, 0.6) is 0 Å². The van der Waals surface area contributed by atoms with E-state index in [4.69, 9.17) is 5.73 Å². The summed E-state index contributed by atoms with van der Waals surface area (Å²) in [4.78, 5) is 13.9. The van der Waals surface area contributed by atoms with Gasteiger partial charge in [0.05, 0.1) is 17.9 Å². The molecule has 1 aromatic rings. The molecule has 0 aliphatic carbocycles. The van der Waals surface area contributed by atoms with Gasteiger partial charge in [-0.1, -0.05) is 13.8 Å². The molecule has 0 spiro atoms. The second kappa shape index (κ2) is 7.09. The first-order valence-corrected chi connectivity index (χ1v) is 6.53. The lowest BCUT2D eigenvalue weighted by molar-refractivity contribution is -0.117. The van der Waals surface area contributed by atoms with Crippen molar-refractivity contribution >= 4 is 17.3 Å². The molecule has 5 heteroatoms. The van der Waals surface area contributed by atoms with E-state index in [1.807, 2.05) is 11.9 Å². The first-order valence-electron chi connectivity index (χ1n) is 6.53. The Hall–Kier alpha value is -1.62. The van der Waals surface area contributed by atoms with E-state index < -0.39 is 5.82 Å². The van der Waals surface area contributed by atoms with E-state index in [1.165, 1.54) is 18.2 Å². The molecule has 4 nitrogen and oxygen atoms in total. The first kappa shape index (κ1) is 15.4. The molecule has 1 aromatic carbocycles. The summed E-state index contributed by atoms with van der Waals surface area (Å²) in [6.45, 7) is 4.49. The number of nitrogen functional groups attached to an aromatic ring is 1. The molecule has 0 saturated heterocycles. The predicted molar refractivity (Wildman–Crippen MR) is 76.4 cm³/mol. The van der Waals surface area contributed by atoms with Crippen LogP contribution in [0.2, 0.25) is 0 Å². The van der Waals surface area contributed by atoms with E-state index in [1.54, 1.807) is 0 Å². The number of nitrogens with two attached hydrogens (primary N) is 1. The van der Waals surface area contributed by atoms with E-state index >= 15 is 0 Å². The Morgan fingerprint density at radius 1 is 1.42 bits per heavy atom.